The van der Waals surface area contributed by atoms with Crippen LogP contribution >= 0.6 is 11.3 Å². The second-order valence-electron chi connectivity index (χ2n) is 6.51. The average Bonchev–Trinajstić information content (AvgIpc) is 3.08. The standard InChI is InChI=1S/C21H22N4O4S/c1-4-5-8-29-21(26)18-17(23)16-15(12(10-22)19(24)25-20(16)30-18)11-6-7-13(27-2)14(9-11)28-3/h6-7,9H,4-5,8,23H2,1-3H3,(H2,24,25)/p+1. The number of aromatic nitrogens is 1. The monoisotopic (exact) mass is 427 g/mol. The number of nitrogen functional groups attached to an aromatic ring is 2. The van der Waals surface area contributed by atoms with Gasteiger partial charge in [0.1, 0.15) is 16.5 Å². The molecule has 0 fully saturated rings. The molecule has 0 aliphatic carbocycles. The molecular formula is C21H23N4O4S+. The van der Waals surface area contributed by atoms with Crippen LogP contribution in [0.2, 0.25) is 0 Å². The van der Waals surface area contributed by atoms with Crippen LogP contribution in [0.25, 0.3) is 21.3 Å². The number of carbonyl (C=O) groups excluding carboxylic acids is 1. The first-order valence-corrected chi connectivity index (χ1v) is 10.1. The van der Waals surface area contributed by atoms with Crippen molar-refractivity contribution in [2.75, 3.05) is 32.3 Å². The number of H-pyrrole nitrogens is 1. The molecule has 3 rings (SSSR count). The van der Waals surface area contributed by atoms with Crippen molar-refractivity contribution < 1.29 is 24.0 Å². The summed E-state index contributed by atoms with van der Waals surface area (Å²) in [6.45, 7) is 2.33. The summed E-state index contributed by atoms with van der Waals surface area (Å²) in [6, 6.07) is 7.39. The summed E-state index contributed by atoms with van der Waals surface area (Å²) in [6.07, 6.45) is 1.68. The number of hydrogen-bond donors (Lipinski definition) is 2. The molecule has 30 heavy (non-hydrogen) atoms. The molecule has 5 N–H and O–H groups in total. The molecule has 0 aliphatic heterocycles. The van der Waals surface area contributed by atoms with E-state index in [-0.39, 0.29) is 21.9 Å². The molecule has 0 aliphatic rings. The van der Waals surface area contributed by atoms with Crippen LogP contribution < -0.4 is 25.9 Å². The topological polar surface area (TPSA) is 135 Å². The maximum atomic E-state index is 12.5. The molecule has 3 aromatic rings. The molecule has 0 atom stereocenters. The van der Waals surface area contributed by atoms with Gasteiger partial charge >= 0.3 is 5.97 Å². The van der Waals surface area contributed by atoms with Crippen molar-refractivity contribution in [3.05, 3.63) is 28.6 Å². The molecule has 0 amide bonds. The van der Waals surface area contributed by atoms with Crippen molar-refractivity contribution in [3.63, 3.8) is 0 Å². The number of nitrogens with one attached hydrogen (secondary N) is 1. The van der Waals surface area contributed by atoms with E-state index in [0.29, 0.717) is 39.4 Å². The highest BCUT2D eigenvalue weighted by Gasteiger charge is 2.27. The molecule has 0 saturated heterocycles. The van der Waals surface area contributed by atoms with Crippen LogP contribution in [0.3, 0.4) is 0 Å². The number of anilines is 2. The third kappa shape index (κ3) is 3.69. The number of ether oxygens (including phenoxy) is 3. The second-order valence-corrected chi connectivity index (χ2v) is 7.53. The first kappa shape index (κ1) is 21.2. The number of fused-ring (bicyclic) bond motifs is 1. The van der Waals surface area contributed by atoms with Gasteiger partial charge < -0.3 is 19.9 Å². The Morgan fingerprint density at radius 1 is 1.23 bits per heavy atom. The van der Waals surface area contributed by atoms with E-state index in [1.54, 1.807) is 25.3 Å². The molecule has 0 saturated carbocycles. The summed E-state index contributed by atoms with van der Waals surface area (Å²) in [7, 11) is 3.07. The molecule has 2 heterocycles. The van der Waals surface area contributed by atoms with Gasteiger partial charge in [0.2, 0.25) is 0 Å². The normalized spacial score (nSPS) is 10.6. The van der Waals surface area contributed by atoms with Gasteiger partial charge in [-0.15, -0.1) is 0 Å². The zero-order valence-electron chi connectivity index (χ0n) is 17.0. The van der Waals surface area contributed by atoms with Crippen molar-refractivity contribution >= 4 is 39.0 Å². The molecule has 0 spiro atoms. The van der Waals surface area contributed by atoms with Crippen molar-refractivity contribution in [2.45, 2.75) is 19.8 Å². The lowest BCUT2D eigenvalue weighted by Gasteiger charge is -2.11. The highest BCUT2D eigenvalue weighted by Crippen LogP contribution is 2.43. The molecule has 0 bridgehead atoms. The number of methoxy groups -OCH3 is 2. The minimum atomic E-state index is -0.495. The van der Waals surface area contributed by atoms with Crippen LogP contribution in [0.15, 0.2) is 18.2 Å². The number of benzene rings is 1. The van der Waals surface area contributed by atoms with Gasteiger partial charge in [0.05, 0.1) is 31.9 Å². The number of nitriles is 1. The number of aromatic amines is 1. The van der Waals surface area contributed by atoms with Gasteiger partial charge in [-0.2, -0.15) is 5.26 Å². The van der Waals surface area contributed by atoms with Gasteiger partial charge in [-0.25, -0.2) is 9.78 Å². The fraction of sp³-hybridized carbons (Fsp3) is 0.286. The number of nitrogens with two attached hydrogens (primary N) is 2. The number of esters is 1. The van der Waals surface area contributed by atoms with E-state index in [9.17, 15) is 10.1 Å². The van der Waals surface area contributed by atoms with E-state index in [1.807, 2.05) is 6.92 Å². The molecule has 0 radical (unpaired) electrons. The zero-order valence-corrected chi connectivity index (χ0v) is 17.8. The third-order valence-corrected chi connectivity index (χ3v) is 5.76. The maximum absolute atomic E-state index is 12.5. The SMILES string of the molecule is CCCCOC(=O)c1sc2[nH+]c(N)c(C#N)c(-c3ccc(OC)c(OC)c3)c2c1N. The summed E-state index contributed by atoms with van der Waals surface area (Å²) >= 11 is 1.15. The van der Waals surface area contributed by atoms with Crippen LogP contribution in [0, 0.1) is 11.3 Å². The largest absolute Gasteiger partial charge is 0.493 e. The van der Waals surface area contributed by atoms with Gasteiger partial charge in [-0.3, -0.25) is 5.73 Å². The van der Waals surface area contributed by atoms with E-state index < -0.39 is 5.97 Å². The highest BCUT2D eigenvalue weighted by molar-refractivity contribution is 7.20. The van der Waals surface area contributed by atoms with Gasteiger partial charge in [0.15, 0.2) is 16.3 Å². The molecular weight excluding hydrogens is 404 g/mol. The van der Waals surface area contributed by atoms with Crippen molar-refractivity contribution in [2.24, 2.45) is 0 Å². The number of rotatable bonds is 7. The van der Waals surface area contributed by atoms with Gasteiger partial charge in [-0.05, 0) is 24.1 Å². The summed E-state index contributed by atoms with van der Waals surface area (Å²) in [5.41, 5.74) is 14.1. The summed E-state index contributed by atoms with van der Waals surface area (Å²) in [5.74, 6) is 0.726. The second kappa shape index (κ2) is 8.88. The number of carbonyl (C=O) groups is 1. The summed E-state index contributed by atoms with van der Waals surface area (Å²) in [4.78, 5) is 16.4. The van der Waals surface area contributed by atoms with Crippen LogP contribution in [-0.2, 0) is 4.74 Å². The van der Waals surface area contributed by atoms with E-state index >= 15 is 0 Å². The summed E-state index contributed by atoms with van der Waals surface area (Å²) < 4.78 is 16.0. The number of thiophene rings is 1. The fourth-order valence-corrected chi connectivity index (χ4v) is 4.18. The Morgan fingerprint density at radius 2 is 1.97 bits per heavy atom. The number of nitrogens with zero attached hydrogens (tertiary/aromatic N) is 1. The molecule has 9 heteroatoms. The Kier molecular flexibility index (Phi) is 6.28. The van der Waals surface area contributed by atoms with E-state index in [2.05, 4.69) is 11.1 Å². The fourth-order valence-electron chi connectivity index (χ4n) is 3.15. The highest BCUT2D eigenvalue weighted by atomic mass is 32.1. The van der Waals surface area contributed by atoms with Crippen LogP contribution in [0.5, 0.6) is 11.5 Å². The Hall–Kier alpha value is -3.51. The van der Waals surface area contributed by atoms with Gasteiger partial charge in [0, 0.05) is 5.56 Å². The molecule has 1 aromatic carbocycles. The molecule has 156 valence electrons. The Balaban J connectivity index is 2.25. The maximum Gasteiger partial charge on any atom is 0.350 e. The van der Waals surface area contributed by atoms with Crippen molar-refractivity contribution in [1.82, 2.24) is 0 Å². The predicted molar refractivity (Wildman–Crippen MR) is 116 cm³/mol. The lowest BCUT2D eigenvalue weighted by molar-refractivity contribution is -0.323. The number of unbranched alkanes of at least 4 members (excludes halogenated alkanes) is 1. The average molecular weight is 428 g/mol. The molecule has 2 aromatic heterocycles. The number of hydrogen-bond acceptors (Lipinski definition) is 8. The lowest BCUT2D eigenvalue weighted by atomic mass is 9.97. The molecule has 8 nitrogen and oxygen atoms in total. The van der Waals surface area contributed by atoms with Crippen LogP contribution in [0.1, 0.15) is 35.0 Å². The van der Waals surface area contributed by atoms with Crippen molar-refractivity contribution in [1.29, 1.82) is 5.26 Å². The predicted octanol–water partition coefficient (Wildman–Crippen LogP) is 3.39. The minimum Gasteiger partial charge on any atom is -0.493 e. The zero-order chi connectivity index (χ0) is 21.8. The first-order chi connectivity index (χ1) is 14.5. The minimum absolute atomic E-state index is 0.182. The van der Waals surface area contributed by atoms with Crippen LogP contribution in [0.4, 0.5) is 11.5 Å². The Labute approximate surface area is 178 Å². The van der Waals surface area contributed by atoms with Gasteiger partial charge in [-0.1, -0.05) is 30.7 Å². The van der Waals surface area contributed by atoms with Crippen LogP contribution in [-0.4, -0.2) is 26.8 Å². The van der Waals surface area contributed by atoms with Gasteiger partial charge in [0.25, 0.3) is 5.82 Å². The van der Waals surface area contributed by atoms with Crippen molar-refractivity contribution in [3.8, 4) is 28.7 Å². The third-order valence-electron chi connectivity index (χ3n) is 4.66. The summed E-state index contributed by atoms with van der Waals surface area (Å²) in [5, 5.41) is 10.3. The first-order valence-electron chi connectivity index (χ1n) is 9.33. The van der Waals surface area contributed by atoms with E-state index in [4.69, 9.17) is 25.7 Å². The number of pyridine rings is 1. The Morgan fingerprint density at radius 3 is 2.60 bits per heavy atom. The molecule has 0 unspecified atom stereocenters. The Bertz CT molecular complexity index is 1150. The van der Waals surface area contributed by atoms with E-state index in [1.165, 1.54) is 7.11 Å². The smallest absolute Gasteiger partial charge is 0.350 e. The van der Waals surface area contributed by atoms with E-state index in [0.717, 1.165) is 24.2 Å². The lowest BCUT2D eigenvalue weighted by Crippen LogP contribution is -2.13. The quantitative estimate of drug-likeness (QED) is 0.436.